The van der Waals surface area contributed by atoms with Gasteiger partial charge in [0.1, 0.15) is 12.3 Å². The summed E-state index contributed by atoms with van der Waals surface area (Å²) < 4.78 is 7.56. The second kappa shape index (κ2) is 8.38. The zero-order valence-corrected chi connectivity index (χ0v) is 17.6. The van der Waals surface area contributed by atoms with E-state index in [1.807, 2.05) is 31.2 Å². The van der Waals surface area contributed by atoms with E-state index in [0.717, 1.165) is 22.3 Å². The predicted molar refractivity (Wildman–Crippen MR) is 115 cm³/mol. The summed E-state index contributed by atoms with van der Waals surface area (Å²) >= 11 is 12.1. The lowest BCUT2D eigenvalue weighted by atomic mass is 10.2. The molecular weight excluding hydrogens is 427 g/mol. The number of aliphatic carboxylic acids is 1. The summed E-state index contributed by atoms with van der Waals surface area (Å²) in [6.45, 7) is 2.25. The van der Waals surface area contributed by atoms with Gasteiger partial charge in [-0.25, -0.2) is 0 Å². The molecule has 0 saturated carbocycles. The molecule has 30 heavy (non-hydrogen) atoms. The maximum Gasteiger partial charge on any atom is 0.323 e. The molecule has 0 fully saturated rings. The number of nitrogens with zero attached hydrogens (tertiary/aromatic N) is 4. The molecule has 0 unspecified atom stereocenters. The number of aryl methyl sites for hydroxylation is 1. The lowest BCUT2D eigenvalue weighted by Gasteiger charge is -2.06. The van der Waals surface area contributed by atoms with Crippen LogP contribution in [-0.2, 0) is 17.8 Å². The number of carboxylic acid groups (broad SMARTS) is 1. The van der Waals surface area contributed by atoms with E-state index in [-0.39, 0.29) is 6.54 Å². The Hall–Kier alpha value is -3.03. The monoisotopic (exact) mass is 444 g/mol. The van der Waals surface area contributed by atoms with Crippen molar-refractivity contribution in [2.45, 2.75) is 19.9 Å². The van der Waals surface area contributed by atoms with Crippen molar-refractivity contribution in [1.82, 2.24) is 19.6 Å². The normalized spacial score (nSPS) is 11.2. The maximum absolute atomic E-state index is 10.9. The molecule has 0 radical (unpaired) electrons. The Morgan fingerprint density at radius 1 is 1.10 bits per heavy atom. The van der Waals surface area contributed by atoms with Crippen LogP contribution in [0.4, 0.5) is 0 Å². The minimum atomic E-state index is -0.878. The molecular formula is C21H18Cl2N4O3. The van der Waals surface area contributed by atoms with Crippen LogP contribution in [0.2, 0.25) is 10.0 Å². The van der Waals surface area contributed by atoms with Crippen LogP contribution in [-0.4, -0.2) is 37.2 Å². The number of fused-ring (bicyclic) bond motifs is 1. The molecule has 0 aliphatic carbocycles. The van der Waals surface area contributed by atoms with Crippen molar-refractivity contribution in [2.75, 3.05) is 6.61 Å². The van der Waals surface area contributed by atoms with Gasteiger partial charge in [0.25, 0.3) is 0 Å². The van der Waals surface area contributed by atoms with Gasteiger partial charge in [-0.3, -0.25) is 4.79 Å². The van der Waals surface area contributed by atoms with Gasteiger partial charge >= 0.3 is 5.97 Å². The Labute approximate surface area is 182 Å². The third kappa shape index (κ3) is 4.42. The lowest BCUT2D eigenvalue weighted by Crippen LogP contribution is -2.07. The van der Waals surface area contributed by atoms with Crippen LogP contribution in [0, 0.1) is 6.92 Å². The Bertz CT molecular complexity index is 1210. The summed E-state index contributed by atoms with van der Waals surface area (Å²) in [4.78, 5) is 12.4. The Morgan fingerprint density at radius 3 is 2.60 bits per heavy atom. The van der Waals surface area contributed by atoms with Gasteiger partial charge in [-0.05, 0) is 49.4 Å². The summed E-state index contributed by atoms with van der Waals surface area (Å²) in [5.74, 6) is -0.168. The van der Waals surface area contributed by atoms with Crippen molar-refractivity contribution in [3.05, 3.63) is 70.1 Å². The van der Waals surface area contributed by atoms with Crippen LogP contribution in [0.1, 0.15) is 11.4 Å². The Balaban J connectivity index is 1.43. The first-order chi connectivity index (χ1) is 14.4. The lowest BCUT2D eigenvalue weighted by molar-refractivity contribution is -0.137. The smallest absolute Gasteiger partial charge is 0.323 e. The van der Waals surface area contributed by atoms with Gasteiger partial charge < -0.3 is 14.4 Å². The summed E-state index contributed by atoms with van der Waals surface area (Å²) in [6.07, 6.45) is 2.34. The number of aromatic nitrogens is 4. The van der Waals surface area contributed by atoms with E-state index >= 15 is 0 Å². The fraction of sp³-hybridized carbons (Fsp3) is 0.190. The van der Waals surface area contributed by atoms with E-state index < -0.39 is 5.97 Å². The number of ether oxygens (including phenoxy) is 1. The van der Waals surface area contributed by atoms with Gasteiger partial charge in [0.05, 0.1) is 23.7 Å². The van der Waals surface area contributed by atoms with Crippen molar-refractivity contribution in [2.24, 2.45) is 0 Å². The maximum atomic E-state index is 10.9. The quantitative estimate of drug-likeness (QED) is 0.452. The number of carboxylic acids is 1. The molecule has 0 bridgehead atoms. The van der Waals surface area contributed by atoms with Crippen LogP contribution in [0.5, 0.6) is 5.75 Å². The molecule has 0 amide bonds. The van der Waals surface area contributed by atoms with Crippen molar-refractivity contribution < 1.29 is 14.6 Å². The molecule has 1 N–H and O–H groups in total. The van der Waals surface area contributed by atoms with Gasteiger partial charge in [-0.15, -0.1) is 0 Å². The highest BCUT2D eigenvalue weighted by Crippen LogP contribution is 2.23. The van der Waals surface area contributed by atoms with E-state index in [9.17, 15) is 4.79 Å². The molecule has 2 heterocycles. The molecule has 9 heteroatoms. The SMILES string of the molecule is Cc1nn(-c2cc(Cl)cc(Cl)c2)nc1CCOc1ccc2c(ccn2CC(=O)O)c1. The summed E-state index contributed by atoms with van der Waals surface area (Å²) in [6, 6.07) is 12.6. The third-order valence-electron chi connectivity index (χ3n) is 4.61. The zero-order valence-electron chi connectivity index (χ0n) is 16.0. The standard InChI is InChI=1S/C21H18Cl2N4O3/c1-13-19(25-27(24-13)17-10-15(22)9-16(23)11-17)5-7-30-18-2-3-20-14(8-18)4-6-26(20)12-21(28)29/h2-4,6,8-11H,5,7,12H2,1H3,(H,28,29). The largest absolute Gasteiger partial charge is 0.493 e. The average molecular weight is 445 g/mol. The number of hydrogen-bond donors (Lipinski definition) is 1. The second-order valence-electron chi connectivity index (χ2n) is 6.81. The van der Waals surface area contributed by atoms with Crippen molar-refractivity contribution in [1.29, 1.82) is 0 Å². The number of benzene rings is 2. The van der Waals surface area contributed by atoms with E-state index in [0.29, 0.717) is 34.5 Å². The van der Waals surface area contributed by atoms with E-state index in [2.05, 4.69) is 10.2 Å². The number of rotatable bonds is 7. The minimum absolute atomic E-state index is 0.0729. The molecule has 0 aliphatic rings. The molecule has 0 aliphatic heterocycles. The first-order valence-corrected chi connectivity index (χ1v) is 9.97. The highest BCUT2D eigenvalue weighted by atomic mass is 35.5. The van der Waals surface area contributed by atoms with E-state index in [4.69, 9.17) is 33.0 Å². The highest BCUT2D eigenvalue weighted by molar-refractivity contribution is 6.34. The first kappa shape index (κ1) is 20.3. The molecule has 7 nitrogen and oxygen atoms in total. The van der Waals surface area contributed by atoms with Crippen LogP contribution >= 0.6 is 23.2 Å². The first-order valence-electron chi connectivity index (χ1n) is 9.22. The third-order valence-corrected chi connectivity index (χ3v) is 5.05. The predicted octanol–water partition coefficient (Wildman–Crippen LogP) is 4.54. The van der Waals surface area contributed by atoms with Crippen LogP contribution in [0.3, 0.4) is 0 Å². The topological polar surface area (TPSA) is 82.2 Å². The summed E-state index contributed by atoms with van der Waals surface area (Å²) in [7, 11) is 0. The molecule has 0 saturated heterocycles. The molecule has 2 aromatic heterocycles. The van der Waals surface area contributed by atoms with Gasteiger partial charge in [0.2, 0.25) is 0 Å². The summed E-state index contributed by atoms with van der Waals surface area (Å²) in [5, 5.41) is 19.9. The number of halogens is 2. The molecule has 2 aromatic carbocycles. The molecule has 4 aromatic rings. The summed E-state index contributed by atoms with van der Waals surface area (Å²) in [5.41, 5.74) is 3.17. The van der Waals surface area contributed by atoms with Crippen LogP contribution in [0.15, 0.2) is 48.7 Å². The average Bonchev–Trinajstić information content (AvgIpc) is 3.24. The van der Waals surface area contributed by atoms with E-state index in [1.54, 1.807) is 29.0 Å². The molecule has 154 valence electrons. The van der Waals surface area contributed by atoms with Gasteiger partial charge in [0, 0.05) is 33.6 Å². The second-order valence-corrected chi connectivity index (χ2v) is 7.68. The molecule has 4 rings (SSSR count). The van der Waals surface area contributed by atoms with Crippen LogP contribution in [0.25, 0.3) is 16.6 Å². The molecule has 0 atom stereocenters. The zero-order chi connectivity index (χ0) is 21.3. The Kier molecular flexibility index (Phi) is 5.65. The van der Waals surface area contributed by atoms with E-state index in [1.165, 1.54) is 4.80 Å². The van der Waals surface area contributed by atoms with Crippen molar-refractivity contribution >= 4 is 40.1 Å². The van der Waals surface area contributed by atoms with Crippen LogP contribution < -0.4 is 4.74 Å². The minimum Gasteiger partial charge on any atom is -0.493 e. The Morgan fingerprint density at radius 2 is 1.87 bits per heavy atom. The fourth-order valence-electron chi connectivity index (χ4n) is 3.23. The molecule has 0 spiro atoms. The number of hydrogen-bond acceptors (Lipinski definition) is 4. The van der Waals surface area contributed by atoms with Crippen molar-refractivity contribution in [3.8, 4) is 11.4 Å². The number of carbonyl (C=O) groups is 1. The van der Waals surface area contributed by atoms with Gasteiger partial charge in [-0.2, -0.15) is 15.0 Å². The van der Waals surface area contributed by atoms with Gasteiger partial charge in [-0.1, -0.05) is 23.2 Å². The van der Waals surface area contributed by atoms with Gasteiger partial charge in [0.15, 0.2) is 0 Å². The highest BCUT2D eigenvalue weighted by Gasteiger charge is 2.11. The van der Waals surface area contributed by atoms with Crippen molar-refractivity contribution in [3.63, 3.8) is 0 Å². The fourth-order valence-corrected chi connectivity index (χ4v) is 3.74.